The van der Waals surface area contributed by atoms with Gasteiger partial charge in [0.05, 0.1) is 5.41 Å². The van der Waals surface area contributed by atoms with Gasteiger partial charge >= 0.3 is 5.97 Å². The molecule has 0 fully saturated rings. The van der Waals surface area contributed by atoms with Gasteiger partial charge in [0.25, 0.3) is 0 Å². The van der Waals surface area contributed by atoms with Gasteiger partial charge in [0.1, 0.15) is 0 Å². The first-order chi connectivity index (χ1) is 11.5. The van der Waals surface area contributed by atoms with Crippen LogP contribution >= 0.6 is 11.6 Å². The molecule has 0 spiro atoms. The Hall–Kier alpha value is -1.84. The smallest absolute Gasteiger partial charge is 0.310 e. The van der Waals surface area contributed by atoms with E-state index >= 15 is 0 Å². The van der Waals surface area contributed by atoms with Crippen LogP contribution in [0.2, 0.25) is 5.02 Å². The maximum absolute atomic E-state index is 11.5. The Bertz CT molecular complexity index is 661. The molecule has 0 heterocycles. The summed E-state index contributed by atoms with van der Waals surface area (Å²) in [6, 6.07) is 16.0. The largest absolute Gasteiger partial charge is 0.481 e. The van der Waals surface area contributed by atoms with Crippen LogP contribution in [0.3, 0.4) is 0 Å². The Morgan fingerprint density at radius 1 is 1.00 bits per heavy atom. The molecule has 0 radical (unpaired) electrons. The zero-order valence-electron chi connectivity index (χ0n) is 14.2. The average molecular weight is 346 g/mol. The van der Waals surface area contributed by atoms with E-state index in [-0.39, 0.29) is 0 Å². The van der Waals surface area contributed by atoms with Crippen LogP contribution < -0.4 is 5.32 Å². The number of nitrogens with one attached hydrogen (secondary N) is 1. The summed E-state index contributed by atoms with van der Waals surface area (Å²) in [7, 11) is 0. The third-order valence-electron chi connectivity index (χ3n) is 4.73. The average Bonchev–Trinajstić information content (AvgIpc) is 2.60. The zero-order chi connectivity index (χ0) is 17.6. The Balaban J connectivity index is 1.97. The quantitative estimate of drug-likeness (QED) is 0.708. The van der Waals surface area contributed by atoms with Crippen molar-refractivity contribution < 1.29 is 9.90 Å². The molecule has 2 N–H and O–H groups in total. The van der Waals surface area contributed by atoms with Gasteiger partial charge in [0.2, 0.25) is 0 Å². The van der Waals surface area contributed by atoms with Crippen LogP contribution in [0, 0.1) is 5.41 Å². The number of rotatable bonds is 8. The number of hydrogen-bond acceptors (Lipinski definition) is 2. The summed E-state index contributed by atoms with van der Waals surface area (Å²) >= 11 is 5.91. The summed E-state index contributed by atoms with van der Waals surface area (Å²) < 4.78 is 0. The fraction of sp³-hybridized carbons (Fsp3) is 0.350. The normalized spacial score (nSPS) is 11.5. The fourth-order valence-electron chi connectivity index (χ4n) is 2.78. The molecule has 4 heteroatoms. The van der Waals surface area contributed by atoms with Crippen LogP contribution in [0.15, 0.2) is 48.5 Å². The van der Waals surface area contributed by atoms with Gasteiger partial charge in [0, 0.05) is 18.1 Å². The van der Waals surface area contributed by atoms with Gasteiger partial charge in [-0.15, -0.1) is 0 Å². The molecule has 0 aliphatic carbocycles. The maximum atomic E-state index is 11.5. The Kier molecular flexibility index (Phi) is 6.41. The molecule has 0 aromatic heterocycles. The Morgan fingerprint density at radius 3 is 1.96 bits per heavy atom. The van der Waals surface area contributed by atoms with Crippen LogP contribution in [0.1, 0.15) is 32.3 Å². The SMILES string of the molecule is CCC(CC)(CNCc1ccc(-c2ccc(Cl)cc2)cc1)C(=O)O. The molecule has 0 saturated heterocycles. The minimum absolute atomic E-state index is 0.480. The number of halogens is 1. The lowest BCUT2D eigenvalue weighted by atomic mass is 9.82. The molecule has 0 saturated carbocycles. The number of carboxylic acids is 1. The van der Waals surface area contributed by atoms with Crippen LogP contribution in [-0.2, 0) is 11.3 Å². The minimum atomic E-state index is -0.724. The van der Waals surface area contributed by atoms with Crippen molar-refractivity contribution in [1.82, 2.24) is 5.32 Å². The van der Waals surface area contributed by atoms with Crippen molar-refractivity contribution in [2.75, 3.05) is 6.54 Å². The molecule has 0 atom stereocenters. The van der Waals surface area contributed by atoms with Gasteiger partial charge in [-0.05, 0) is 41.7 Å². The highest BCUT2D eigenvalue weighted by atomic mass is 35.5. The monoisotopic (exact) mass is 345 g/mol. The topological polar surface area (TPSA) is 49.3 Å². The van der Waals surface area contributed by atoms with E-state index in [2.05, 4.69) is 29.6 Å². The van der Waals surface area contributed by atoms with E-state index in [9.17, 15) is 9.90 Å². The first kappa shape index (κ1) is 18.5. The number of benzene rings is 2. The summed E-state index contributed by atoms with van der Waals surface area (Å²) in [5.41, 5.74) is 2.72. The van der Waals surface area contributed by atoms with Gasteiger partial charge in [0.15, 0.2) is 0 Å². The standard InChI is InChI=1S/C20H24ClNO2/c1-3-20(4-2,19(23)24)14-22-13-15-5-7-16(8-6-15)17-9-11-18(21)12-10-17/h5-12,22H,3-4,13-14H2,1-2H3,(H,23,24). The lowest BCUT2D eigenvalue weighted by molar-refractivity contribution is -0.149. The van der Waals surface area contributed by atoms with E-state index < -0.39 is 11.4 Å². The molecular weight excluding hydrogens is 322 g/mol. The second-order valence-electron chi connectivity index (χ2n) is 6.10. The summed E-state index contributed by atoms with van der Waals surface area (Å²) in [4.78, 5) is 11.5. The van der Waals surface area contributed by atoms with Crippen LogP contribution in [0.25, 0.3) is 11.1 Å². The van der Waals surface area contributed by atoms with Crippen molar-refractivity contribution in [2.24, 2.45) is 5.41 Å². The Morgan fingerprint density at radius 2 is 1.50 bits per heavy atom. The highest BCUT2D eigenvalue weighted by molar-refractivity contribution is 6.30. The molecule has 0 amide bonds. The molecule has 0 unspecified atom stereocenters. The van der Waals surface area contributed by atoms with Crippen LogP contribution in [0.4, 0.5) is 0 Å². The van der Waals surface area contributed by atoms with E-state index in [4.69, 9.17) is 11.6 Å². The van der Waals surface area contributed by atoms with Gasteiger partial charge in [-0.1, -0.05) is 61.8 Å². The number of carboxylic acid groups (broad SMARTS) is 1. The second kappa shape index (κ2) is 8.32. The third kappa shape index (κ3) is 4.37. The van der Waals surface area contributed by atoms with Gasteiger partial charge < -0.3 is 10.4 Å². The van der Waals surface area contributed by atoms with Crippen molar-refractivity contribution in [3.05, 3.63) is 59.1 Å². The Labute approximate surface area is 148 Å². The highest BCUT2D eigenvalue weighted by Crippen LogP contribution is 2.26. The summed E-state index contributed by atoms with van der Waals surface area (Å²) in [5, 5.41) is 13.5. The molecule has 2 aromatic carbocycles. The van der Waals surface area contributed by atoms with Crippen molar-refractivity contribution in [2.45, 2.75) is 33.2 Å². The number of hydrogen-bond donors (Lipinski definition) is 2. The van der Waals surface area contributed by atoms with E-state index in [0.29, 0.717) is 25.9 Å². The van der Waals surface area contributed by atoms with Crippen molar-refractivity contribution in [1.29, 1.82) is 0 Å². The lowest BCUT2D eigenvalue weighted by Gasteiger charge is -2.27. The summed E-state index contributed by atoms with van der Waals surface area (Å²) in [5.74, 6) is -0.724. The molecule has 128 valence electrons. The predicted octanol–water partition coefficient (Wildman–Crippen LogP) is 4.99. The van der Waals surface area contributed by atoms with Crippen LogP contribution in [0.5, 0.6) is 0 Å². The number of aliphatic carboxylic acids is 1. The zero-order valence-corrected chi connectivity index (χ0v) is 14.9. The van der Waals surface area contributed by atoms with E-state index in [1.54, 1.807) is 0 Å². The predicted molar refractivity (Wildman–Crippen MR) is 99.2 cm³/mol. The van der Waals surface area contributed by atoms with Gasteiger partial charge in [-0.3, -0.25) is 4.79 Å². The van der Waals surface area contributed by atoms with Crippen molar-refractivity contribution in [3.8, 4) is 11.1 Å². The lowest BCUT2D eigenvalue weighted by Crippen LogP contribution is -2.39. The fourth-order valence-corrected chi connectivity index (χ4v) is 2.91. The molecule has 2 rings (SSSR count). The molecule has 3 nitrogen and oxygen atoms in total. The first-order valence-electron chi connectivity index (χ1n) is 8.29. The maximum Gasteiger partial charge on any atom is 0.310 e. The summed E-state index contributed by atoms with van der Waals surface area (Å²) in [6.45, 7) is 5.00. The van der Waals surface area contributed by atoms with E-state index in [0.717, 1.165) is 21.7 Å². The molecule has 2 aromatic rings. The minimum Gasteiger partial charge on any atom is -0.481 e. The van der Waals surface area contributed by atoms with Gasteiger partial charge in [-0.25, -0.2) is 0 Å². The molecule has 0 bridgehead atoms. The third-order valence-corrected chi connectivity index (χ3v) is 4.98. The van der Waals surface area contributed by atoms with Crippen LogP contribution in [-0.4, -0.2) is 17.6 Å². The molecule has 0 aliphatic rings. The second-order valence-corrected chi connectivity index (χ2v) is 6.54. The van der Waals surface area contributed by atoms with E-state index in [1.165, 1.54) is 0 Å². The molecule has 0 aliphatic heterocycles. The van der Waals surface area contributed by atoms with Crippen molar-refractivity contribution >= 4 is 17.6 Å². The van der Waals surface area contributed by atoms with Gasteiger partial charge in [-0.2, -0.15) is 0 Å². The highest BCUT2D eigenvalue weighted by Gasteiger charge is 2.34. The summed E-state index contributed by atoms with van der Waals surface area (Å²) in [6.07, 6.45) is 1.25. The molecule has 24 heavy (non-hydrogen) atoms. The van der Waals surface area contributed by atoms with Crippen molar-refractivity contribution in [3.63, 3.8) is 0 Å². The molecular formula is C20H24ClNO2. The number of carbonyl (C=O) groups is 1. The first-order valence-corrected chi connectivity index (χ1v) is 8.67. The van der Waals surface area contributed by atoms with E-state index in [1.807, 2.05) is 38.1 Å².